The summed E-state index contributed by atoms with van der Waals surface area (Å²) >= 11 is 1.45. The maximum Gasteiger partial charge on any atom is 0.296 e. The first-order valence-electron chi connectivity index (χ1n) is 9.26. The van der Waals surface area contributed by atoms with E-state index in [1.54, 1.807) is 12.3 Å². The van der Waals surface area contributed by atoms with Crippen molar-refractivity contribution in [2.24, 2.45) is 0 Å². The van der Waals surface area contributed by atoms with Gasteiger partial charge in [-0.3, -0.25) is 14.6 Å². The maximum atomic E-state index is 13.0. The summed E-state index contributed by atoms with van der Waals surface area (Å²) in [7, 11) is 0. The summed E-state index contributed by atoms with van der Waals surface area (Å²) in [4.78, 5) is 32.5. The number of likely N-dealkylation sites (tertiary alicyclic amines) is 1. The molecule has 3 heterocycles. The number of aromatic nitrogens is 1. The minimum Gasteiger partial charge on any atom is -0.507 e. The van der Waals surface area contributed by atoms with Gasteiger partial charge in [0.25, 0.3) is 11.7 Å². The lowest BCUT2D eigenvalue weighted by Gasteiger charge is -2.24. The van der Waals surface area contributed by atoms with Crippen molar-refractivity contribution in [3.8, 4) is 0 Å². The van der Waals surface area contributed by atoms with Gasteiger partial charge in [0, 0.05) is 16.6 Å². The summed E-state index contributed by atoms with van der Waals surface area (Å²) in [6, 6.07) is 14.2. The number of nitrogens with zero attached hydrogens (tertiary/aromatic N) is 2. The predicted octanol–water partition coefficient (Wildman–Crippen LogP) is 4.38. The highest BCUT2D eigenvalue weighted by Crippen LogP contribution is 2.42. The number of rotatable bonds is 4. The molecule has 0 saturated carbocycles. The van der Waals surface area contributed by atoms with Crippen molar-refractivity contribution >= 4 is 28.8 Å². The summed E-state index contributed by atoms with van der Waals surface area (Å²) in [5.41, 5.74) is 3.19. The van der Waals surface area contributed by atoms with E-state index in [4.69, 9.17) is 0 Å². The number of benzene rings is 1. The van der Waals surface area contributed by atoms with Crippen molar-refractivity contribution in [3.05, 3.63) is 92.9 Å². The van der Waals surface area contributed by atoms with Crippen molar-refractivity contribution < 1.29 is 14.7 Å². The molecule has 4 rings (SSSR count). The van der Waals surface area contributed by atoms with E-state index >= 15 is 0 Å². The third kappa shape index (κ3) is 3.47. The number of pyridine rings is 1. The van der Waals surface area contributed by atoms with Crippen molar-refractivity contribution in [1.29, 1.82) is 0 Å². The molecule has 1 aromatic carbocycles. The normalized spacial score (nSPS) is 18.4. The minimum absolute atomic E-state index is 0.127. The molecule has 6 heteroatoms. The summed E-state index contributed by atoms with van der Waals surface area (Å²) in [5, 5.41) is 13.0. The van der Waals surface area contributed by atoms with Crippen LogP contribution in [0.25, 0.3) is 5.76 Å². The molecule has 1 atom stereocenters. The van der Waals surface area contributed by atoms with Crippen LogP contribution in [0.2, 0.25) is 0 Å². The van der Waals surface area contributed by atoms with Crippen LogP contribution < -0.4 is 0 Å². The zero-order valence-electron chi connectivity index (χ0n) is 16.1. The molecular weight excluding hydrogens is 384 g/mol. The molecule has 1 fully saturated rings. The van der Waals surface area contributed by atoms with Crippen molar-refractivity contribution in [3.63, 3.8) is 0 Å². The van der Waals surface area contributed by atoms with Gasteiger partial charge in [-0.05, 0) is 49.1 Å². The maximum absolute atomic E-state index is 13.0. The second-order valence-electron chi connectivity index (χ2n) is 7.08. The topological polar surface area (TPSA) is 70.5 Å². The van der Waals surface area contributed by atoms with Crippen LogP contribution in [0.3, 0.4) is 0 Å². The van der Waals surface area contributed by atoms with Crippen LogP contribution >= 0.6 is 11.3 Å². The molecule has 0 radical (unpaired) electrons. The predicted molar refractivity (Wildman–Crippen MR) is 112 cm³/mol. The molecule has 3 aromatic rings. The van der Waals surface area contributed by atoms with Gasteiger partial charge in [-0.15, -0.1) is 11.3 Å². The number of aliphatic hydroxyl groups is 1. The van der Waals surface area contributed by atoms with Crippen LogP contribution in [0.5, 0.6) is 0 Å². The number of hydrogen-bond donors (Lipinski definition) is 1. The van der Waals surface area contributed by atoms with E-state index in [9.17, 15) is 14.7 Å². The molecule has 0 bridgehead atoms. The Balaban J connectivity index is 1.87. The number of carbonyl (C=O) groups is 2. The van der Waals surface area contributed by atoms with E-state index in [0.717, 1.165) is 16.0 Å². The Bertz CT molecular complexity index is 1100. The Labute approximate surface area is 173 Å². The van der Waals surface area contributed by atoms with E-state index in [1.165, 1.54) is 16.2 Å². The van der Waals surface area contributed by atoms with Gasteiger partial charge in [-0.25, -0.2) is 0 Å². The minimum atomic E-state index is -0.669. The van der Waals surface area contributed by atoms with Crippen molar-refractivity contribution in [2.75, 3.05) is 0 Å². The number of carbonyl (C=O) groups excluding carboxylic acids is 2. The Morgan fingerprint density at radius 3 is 2.66 bits per heavy atom. The van der Waals surface area contributed by atoms with E-state index in [1.807, 2.05) is 61.7 Å². The molecule has 146 valence electrons. The zero-order valence-corrected chi connectivity index (χ0v) is 16.9. The quantitative estimate of drug-likeness (QED) is 0.398. The van der Waals surface area contributed by atoms with Crippen LogP contribution in [-0.4, -0.2) is 26.7 Å². The second kappa shape index (κ2) is 7.64. The van der Waals surface area contributed by atoms with Gasteiger partial charge in [-0.1, -0.05) is 29.8 Å². The Kier molecular flexibility index (Phi) is 5.03. The summed E-state index contributed by atoms with van der Waals surface area (Å²) in [6.07, 6.45) is 1.65. The van der Waals surface area contributed by atoms with Gasteiger partial charge in [0.15, 0.2) is 0 Å². The number of Topliss-reactive ketones (excluding diaryl/α,β-unsaturated/α-hetero) is 1. The smallest absolute Gasteiger partial charge is 0.296 e. The van der Waals surface area contributed by atoms with Gasteiger partial charge in [0.05, 0.1) is 17.8 Å². The molecule has 1 unspecified atom stereocenters. The van der Waals surface area contributed by atoms with E-state index in [2.05, 4.69) is 4.98 Å². The first-order valence-corrected chi connectivity index (χ1v) is 10.1. The summed E-state index contributed by atoms with van der Waals surface area (Å²) < 4.78 is 0. The monoisotopic (exact) mass is 404 g/mol. The summed E-state index contributed by atoms with van der Waals surface area (Å²) in [6.45, 7) is 3.99. The number of ketones is 1. The highest BCUT2D eigenvalue weighted by Gasteiger charge is 2.46. The van der Waals surface area contributed by atoms with Crippen LogP contribution in [-0.2, 0) is 16.1 Å². The number of aryl methyl sites for hydroxylation is 2. The molecule has 1 saturated heterocycles. The Hall–Kier alpha value is -3.25. The molecule has 1 amide bonds. The van der Waals surface area contributed by atoms with Gasteiger partial charge < -0.3 is 10.0 Å². The number of amides is 1. The lowest BCUT2D eigenvalue weighted by atomic mass is 9.96. The van der Waals surface area contributed by atoms with Crippen molar-refractivity contribution in [2.45, 2.75) is 26.4 Å². The fourth-order valence-electron chi connectivity index (χ4n) is 3.59. The third-order valence-corrected chi connectivity index (χ3v) is 5.98. The largest absolute Gasteiger partial charge is 0.507 e. The SMILES string of the molecule is Cc1ccc(C)c(/C(O)=C2/C(=O)C(=O)N(Cc3ccccn3)C2c2cccs2)c1. The third-order valence-electron chi connectivity index (χ3n) is 5.06. The molecular formula is C23H20N2O3S. The van der Waals surface area contributed by atoms with Gasteiger partial charge in [-0.2, -0.15) is 0 Å². The first kappa shape index (κ1) is 19.1. The number of thiophene rings is 1. The van der Waals surface area contributed by atoms with Crippen LogP contribution in [0.4, 0.5) is 0 Å². The first-order chi connectivity index (χ1) is 14.0. The Morgan fingerprint density at radius 1 is 1.14 bits per heavy atom. The molecule has 1 aliphatic heterocycles. The van der Waals surface area contributed by atoms with Gasteiger partial charge >= 0.3 is 0 Å². The molecule has 1 aliphatic rings. The van der Waals surface area contributed by atoms with E-state index < -0.39 is 17.7 Å². The highest BCUT2D eigenvalue weighted by molar-refractivity contribution is 7.10. The molecule has 2 aromatic heterocycles. The molecule has 5 nitrogen and oxygen atoms in total. The zero-order chi connectivity index (χ0) is 20.5. The van der Waals surface area contributed by atoms with E-state index in [-0.39, 0.29) is 17.9 Å². The van der Waals surface area contributed by atoms with E-state index in [0.29, 0.717) is 11.3 Å². The Morgan fingerprint density at radius 2 is 1.97 bits per heavy atom. The van der Waals surface area contributed by atoms with Crippen molar-refractivity contribution in [1.82, 2.24) is 9.88 Å². The molecule has 29 heavy (non-hydrogen) atoms. The fourth-order valence-corrected chi connectivity index (χ4v) is 4.43. The fraction of sp³-hybridized carbons (Fsp3) is 0.174. The lowest BCUT2D eigenvalue weighted by Crippen LogP contribution is -2.29. The van der Waals surface area contributed by atoms with Crippen LogP contribution in [0, 0.1) is 13.8 Å². The average Bonchev–Trinajstić information content (AvgIpc) is 3.33. The van der Waals surface area contributed by atoms with Gasteiger partial charge in [0.1, 0.15) is 11.8 Å². The number of aliphatic hydroxyl groups excluding tert-OH is 1. The van der Waals surface area contributed by atoms with Gasteiger partial charge in [0.2, 0.25) is 0 Å². The summed E-state index contributed by atoms with van der Waals surface area (Å²) in [5.74, 6) is -1.43. The van der Waals surface area contributed by atoms with Crippen LogP contribution in [0.1, 0.15) is 33.3 Å². The number of hydrogen-bond acceptors (Lipinski definition) is 5. The molecule has 1 N–H and O–H groups in total. The molecule has 0 aliphatic carbocycles. The highest BCUT2D eigenvalue weighted by atomic mass is 32.1. The molecule has 0 spiro atoms. The lowest BCUT2D eigenvalue weighted by molar-refractivity contribution is -0.140. The van der Waals surface area contributed by atoms with Crippen LogP contribution in [0.15, 0.2) is 65.7 Å². The standard InChI is InChI=1S/C23H20N2O3S/c1-14-8-9-15(2)17(12-14)21(26)19-20(18-7-5-11-29-18)25(23(28)22(19)27)13-16-6-3-4-10-24-16/h3-12,20,26H,13H2,1-2H3/b21-19-. The second-order valence-corrected chi connectivity index (χ2v) is 8.06. The average molecular weight is 404 g/mol.